The van der Waals surface area contributed by atoms with Gasteiger partial charge in [-0.15, -0.1) is 11.3 Å². The fourth-order valence-corrected chi connectivity index (χ4v) is 11.7. The zero-order valence-corrected chi connectivity index (χ0v) is 31.9. The molecule has 0 saturated heterocycles. The molecular weight excluding hydrogens is 690 g/mol. The predicted molar refractivity (Wildman–Crippen MR) is 212 cm³/mol. The minimum atomic E-state index is -2.82. The van der Waals surface area contributed by atoms with Gasteiger partial charge in [0.2, 0.25) is 5.91 Å². The minimum Gasteiger partial charge on any atom is -0.406 e. The molecule has 268 valence electrons. The molecule has 0 aliphatic rings. The average Bonchev–Trinajstić information content (AvgIpc) is 3.84. The maximum atomic E-state index is 14.3. The number of amides is 1. The molecule has 6 rings (SSSR count). The predicted octanol–water partition coefficient (Wildman–Crippen LogP) is 6.85. The van der Waals surface area contributed by atoms with Gasteiger partial charge in [-0.2, -0.15) is 5.10 Å². The van der Waals surface area contributed by atoms with Crippen molar-refractivity contribution in [1.29, 1.82) is 0 Å². The van der Waals surface area contributed by atoms with E-state index in [-0.39, 0.29) is 16.8 Å². The molecular formula is C40H44FN7O2SSi. The number of likely N-dealkylation sites (N-methyl/N-ethyl adjacent to an activating group) is 1. The van der Waals surface area contributed by atoms with Crippen LogP contribution >= 0.6 is 11.3 Å². The normalized spacial score (nSPS) is 12.3. The summed E-state index contributed by atoms with van der Waals surface area (Å²) in [6.07, 6.45) is 2.07. The second-order valence-corrected chi connectivity index (χ2v) is 18.6. The van der Waals surface area contributed by atoms with Crippen molar-refractivity contribution < 1.29 is 13.6 Å². The molecule has 6 aromatic rings. The fourth-order valence-electron chi connectivity index (χ4n) is 6.60. The Morgan fingerprint density at radius 3 is 2.23 bits per heavy atom. The van der Waals surface area contributed by atoms with E-state index in [1.165, 1.54) is 33.8 Å². The van der Waals surface area contributed by atoms with Gasteiger partial charge in [-0.3, -0.25) is 4.79 Å². The van der Waals surface area contributed by atoms with E-state index in [9.17, 15) is 9.18 Å². The number of anilines is 3. The van der Waals surface area contributed by atoms with Gasteiger partial charge in [0.1, 0.15) is 29.3 Å². The molecule has 3 aromatic heterocycles. The monoisotopic (exact) mass is 733 g/mol. The SMILES string of the molecule is CNc1cc(-c2cc(NC(=O)[C@H](Cc3ccc(F)cc3)N(C)c3cscn3)n(CCO[Si](c3ccccc3)(c3ccccc3)C(C)(C)C)n2)ccn1. The van der Waals surface area contributed by atoms with Gasteiger partial charge in [-0.1, -0.05) is 93.6 Å². The van der Waals surface area contributed by atoms with E-state index in [0.717, 1.165) is 11.1 Å². The van der Waals surface area contributed by atoms with Crippen LogP contribution in [0.25, 0.3) is 11.3 Å². The molecule has 3 aromatic carbocycles. The van der Waals surface area contributed by atoms with E-state index in [0.29, 0.717) is 42.7 Å². The Labute approximate surface area is 309 Å². The maximum Gasteiger partial charge on any atom is 0.261 e. The van der Waals surface area contributed by atoms with E-state index >= 15 is 0 Å². The number of nitrogens with one attached hydrogen (secondary N) is 2. The van der Waals surface area contributed by atoms with Crippen molar-refractivity contribution in [3.63, 3.8) is 0 Å². The van der Waals surface area contributed by atoms with Gasteiger partial charge in [0.25, 0.3) is 8.32 Å². The number of pyridine rings is 1. The standard InChI is InChI=1S/C40H44FN7O2SSi/c1-40(2,3)52(32-12-8-6-9-13-32,33-14-10-7-11-15-33)50-23-22-48-37(26-34(46-48)30-20-21-43-36(25-30)42-4)45-39(49)35(47(5)38-27-51-28-44-38)24-29-16-18-31(41)19-17-29/h6-21,25-28,35H,22-24H2,1-5H3,(H,42,43)(H,45,49)/t35-/m0/s1. The summed E-state index contributed by atoms with van der Waals surface area (Å²) in [5.41, 5.74) is 4.10. The molecule has 0 saturated carbocycles. The average molecular weight is 734 g/mol. The van der Waals surface area contributed by atoms with Crippen molar-refractivity contribution in [2.75, 3.05) is 36.2 Å². The quantitative estimate of drug-likeness (QED) is 0.118. The van der Waals surface area contributed by atoms with Gasteiger partial charge >= 0.3 is 0 Å². The van der Waals surface area contributed by atoms with Gasteiger partial charge in [0, 0.05) is 43.7 Å². The van der Waals surface area contributed by atoms with Crippen LogP contribution in [0.5, 0.6) is 0 Å². The van der Waals surface area contributed by atoms with Crippen LogP contribution in [0.3, 0.4) is 0 Å². The molecule has 0 radical (unpaired) electrons. The van der Waals surface area contributed by atoms with Crippen molar-refractivity contribution in [3.8, 4) is 11.3 Å². The number of carbonyl (C=O) groups excluding carboxylic acids is 1. The summed E-state index contributed by atoms with van der Waals surface area (Å²) in [5, 5.41) is 15.4. The number of nitrogens with zero attached hydrogens (tertiary/aromatic N) is 5. The molecule has 0 spiro atoms. The number of hydrogen-bond donors (Lipinski definition) is 2. The molecule has 0 unspecified atom stereocenters. The third-order valence-corrected chi connectivity index (χ3v) is 14.9. The van der Waals surface area contributed by atoms with Crippen LogP contribution in [0.15, 0.2) is 120 Å². The topological polar surface area (TPSA) is 97.2 Å². The lowest BCUT2D eigenvalue weighted by molar-refractivity contribution is -0.117. The van der Waals surface area contributed by atoms with Crippen molar-refractivity contribution in [1.82, 2.24) is 19.7 Å². The number of thiazole rings is 1. The van der Waals surface area contributed by atoms with Gasteiger partial charge in [-0.25, -0.2) is 19.0 Å². The lowest BCUT2D eigenvalue weighted by atomic mass is 10.0. The van der Waals surface area contributed by atoms with Crippen molar-refractivity contribution in [2.45, 2.75) is 44.8 Å². The van der Waals surface area contributed by atoms with E-state index in [4.69, 9.17) is 9.52 Å². The van der Waals surface area contributed by atoms with Crippen LogP contribution in [0.4, 0.5) is 21.8 Å². The maximum absolute atomic E-state index is 14.3. The summed E-state index contributed by atoms with van der Waals surface area (Å²) >= 11 is 1.46. The van der Waals surface area contributed by atoms with Crippen LogP contribution in [-0.4, -0.2) is 60.7 Å². The minimum absolute atomic E-state index is 0.198. The molecule has 52 heavy (non-hydrogen) atoms. The fraction of sp³-hybridized carbons (Fsp3) is 0.250. The molecule has 1 atom stereocenters. The highest BCUT2D eigenvalue weighted by Crippen LogP contribution is 2.37. The van der Waals surface area contributed by atoms with Crippen molar-refractivity contribution >= 4 is 53.4 Å². The summed E-state index contributed by atoms with van der Waals surface area (Å²) in [6, 6.07) is 32.3. The number of halogens is 1. The Morgan fingerprint density at radius 1 is 0.962 bits per heavy atom. The van der Waals surface area contributed by atoms with Gasteiger partial charge in [-0.05, 0) is 45.2 Å². The number of hydrogen-bond acceptors (Lipinski definition) is 8. The molecule has 2 N–H and O–H groups in total. The number of carbonyl (C=O) groups is 1. The van der Waals surface area contributed by atoms with Crippen LogP contribution in [-0.2, 0) is 22.2 Å². The molecule has 0 aliphatic carbocycles. The first-order valence-corrected chi connectivity index (χ1v) is 20.1. The summed E-state index contributed by atoms with van der Waals surface area (Å²) in [4.78, 5) is 25.0. The van der Waals surface area contributed by atoms with Crippen LogP contribution in [0.1, 0.15) is 26.3 Å². The number of benzene rings is 3. The first-order chi connectivity index (χ1) is 25.1. The molecule has 0 bridgehead atoms. The lowest BCUT2D eigenvalue weighted by Crippen LogP contribution is -2.66. The highest BCUT2D eigenvalue weighted by Gasteiger charge is 2.50. The highest BCUT2D eigenvalue weighted by molar-refractivity contribution is 7.07. The van der Waals surface area contributed by atoms with Crippen molar-refractivity contribution in [2.24, 2.45) is 0 Å². The second kappa shape index (κ2) is 16.0. The van der Waals surface area contributed by atoms with Crippen LogP contribution in [0.2, 0.25) is 5.04 Å². The van der Waals surface area contributed by atoms with Crippen LogP contribution < -0.4 is 25.9 Å². The molecule has 0 fully saturated rings. The molecule has 9 nitrogen and oxygen atoms in total. The van der Waals surface area contributed by atoms with Gasteiger partial charge in [0.05, 0.1) is 24.4 Å². The van der Waals surface area contributed by atoms with Crippen LogP contribution in [0, 0.1) is 5.82 Å². The zero-order valence-electron chi connectivity index (χ0n) is 30.1. The Kier molecular flexibility index (Phi) is 11.3. The zero-order chi connectivity index (χ0) is 36.7. The summed E-state index contributed by atoms with van der Waals surface area (Å²) in [6.45, 7) is 7.49. The van der Waals surface area contributed by atoms with Gasteiger partial charge in [0.15, 0.2) is 0 Å². The first-order valence-electron chi connectivity index (χ1n) is 17.2. The Morgan fingerprint density at radius 2 is 1.63 bits per heavy atom. The summed E-state index contributed by atoms with van der Waals surface area (Å²) in [7, 11) is 0.847. The van der Waals surface area contributed by atoms with E-state index < -0.39 is 14.4 Å². The Bertz CT molecular complexity index is 2010. The number of aromatic nitrogens is 4. The van der Waals surface area contributed by atoms with E-state index in [2.05, 4.69) is 89.9 Å². The Balaban J connectivity index is 1.34. The third-order valence-electron chi connectivity index (χ3n) is 9.27. The summed E-state index contributed by atoms with van der Waals surface area (Å²) in [5.74, 6) is 1.34. The lowest BCUT2D eigenvalue weighted by Gasteiger charge is -2.43. The summed E-state index contributed by atoms with van der Waals surface area (Å²) < 4.78 is 22.8. The largest absolute Gasteiger partial charge is 0.406 e. The molecule has 1 amide bonds. The number of rotatable bonds is 14. The van der Waals surface area contributed by atoms with E-state index in [1.54, 1.807) is 23.8 Å². The highest BCUT2D eigenvalue weighted by atomic mass is 32.1. The smallest absolute Gasteiger partial charge is 0.261 e. The molecule has 0 aliphatic heterocycles. The first kappa shape index (κ1) is 36.6. The molecule has 3 heterocycles. The Hall–Kier alpha value is -5.17. The van der Waals surface area contributed by atoms with Crippen molar-refractivity contribution in [3.05, 3.63) is 132 Å². The van der Waals surface area contributed by atoms with Gasteiger partial charge < -0.3 is 20.0 Å². The third kappa shape index (κ3) is 7.99. The van der Waals surface area contributed by atoms with E-state index in [1.807, 2.05) is 59.4 Å². The second-order valence-electron chi connectivity index (χ2n) is 13.6. The molecule has 12 heteroatoms.